The van der Waals surface area contributed by atoms with Gasteiger partial charge in [0.1, 0.15) is 12.1 Å². The molecule has 0 saturated carbocycles. The van der Waals surface area contributed by atoms with Crippen molar-refractivity contribution in [3.05, 3.63) is 59.1 Å². The molecule has 3 amide bonds. The lowest BCUT2D eigenvalue weighted by molar-refractivity contribution is -0.153. The van der Waals surface area contributed by atoms with Crippen molar-refractivity contribution < 1.29 is 19.1 Å². The quantitative estimate of drug-likeness (QED) is 0.672. The highest BCUT2D eigenvalue weighted by Gasteiger charge is 2.23. The largest absolute Gasteiger partial charge is 0.459 e. The summed E-state index contributed by atoms with van der Waals surface area (Å²) in [4.78, 5) is 38.5. The van der Waals surface area contributed by atoms with Crippen molar-refractivity contribution in [2.75, 3.05) is 23.3 Å². The van der Waals surface area contributed by atoms with Gasteiger partial charge in [-0.05, 0) is 69.7 Å². The molecule has 2 N–H and O–H groups in total. The zero-order valence-electron chi connectivity index (χ0n) is 17.5. The molecule has 0 aliphatic rings. The van der Waals surface area contributed by atoms with Gasteiger partial charge in [-0.3, -0.25) is 14.5 Å². The summed E-state index contributed by atoms with van der Waals surface area (Å²) >= 11 is 5.92. The van der Waals surface area contributed by atoms with Crippen LogP contribution < -0.4 is 15.5 Å². The number of hydrogen-bond acceptors (Lipinski definition) is 4. The second-order valence-electron chi connectivity index (χ2n) is 7.72. The van der Waals surface area contributed by atoms with Crippen molar-refractivity contribution in [2.45, 2.75) is 33.3 Å². The SMILES string of the molecule is Cc1cccc(NC(=O)NCC(=O)N(CC(=O)OC(C)(C)C)c2ccc(Cl)cc2)c1. The first-order valence-corrected chi connectivity index (χ1v) is 9.80. The normalized spacial score (nSPS) is 10.8. The van der Waals surface area contributed by atoms with Crippen molar-refractivity contribution in [3.8, 4) is 0 Å². The minimum absolute atomic E-state index is 0.293. The third kappa shape index (κ3) is 7.75. The molecule has 0 aliphatic heterocycles. The summed E-state index contributed by atoms with van der Waals surface area (Å²) < 4.78 is 5.32. The average molecular weight is 432 g/mol. The number of hydrogen-bond donors (Lipinski definition) is 2. The van der Waals surface area contributed by atoms with Crippen molar-refractivity contribution in [1.82, 2.24) is 5.32 Å². The van der Waals surface area contributed by atoms with E-state index in [2.05, 4.69) is 10.6 Å². The predicted octanol–water partition coefficient (Wildman–Crippen LogP) is 4.14. The lowest BCUT2D eigenvalue weighted by Crippen LogP contribution is -2.45. The third-order valence-electron chi connectivity index (χ3n) is 3.82. The van der Waals surface area contributed by atoms with Crippen molar-refractivity contribution in [3.63, 3.8) is 0 Å². The standard InChI is InChI=1S/C22H26ClN3O4/c1-15-6-5-7-17(12-15)25-21(29)24-13-19(27)26(14-20(28)30-22(2,3)4)18-10-8-16(23)9-11-18/h5-12H,13-14H2,1-4H3,(H2,24,25,29). The Bertz CT molecular complexity index is 907. The van der Waals surface area contributed by atoms with Gasteiger partial charge in [0, 0.05) is 16.4 Å². The molecular weight excluding hydrogens is 406 g/mol. The number of ether oxygens (including phenoxy) is 1. The van der Waals surface area contributed by atoms with Crippen LogP contribution >= 0.6 is 11.6 Å². The fraction of sp³-hybridized carbons (Fsp3) is 0.318. The molecular formula is C22H26ClN3O4. The van der Waals surface area contributed by atoms with E-state index in [-0.39, 0.29) is 13.1 Å². The summed E-state index contributed by atoms with van der Waals surface area (Å²) in [6, 6.07) is 13.2. The van der Waals surface area contributed by atoms with Crippen LogP contribution in [0.5, 0.6) is 0 Å². The summed E-state index contributed by atoms with van der Waals surface area (Å²) in [7, 11) is 0. The number of benzene rings is 2. The molecule has 30 heavy (non-hydrogen) atoms. The Labute approximate surface area is 181 Å². The van der Waals surface area contributed by atoms with Crippen LogP contribution in [0.25, 0.3) is 0 Å². The number of aryl methyl sites for hydroxylation is 1. The Morgan fingerprint density at radius 3 is 2.33 bits per heavy atom. The molecule has 0 spiro atoms. The van der Waals surface area contributed by atoms with Crippen LogP contribution in [0.2, 0.25) is 5.02 Å². The highest BCUT2D eigenvalue weighted by molar-refractivity contribution is 6.30. The molecule has 0 atom stereocenters. The van der Waals surface area contributed by atoms with Crippen LogP contribution in [-0.2, 0) is 14.3 Å². The first kappa shape index (κ1) is 23.2. The van der Waals surface area contributed by atoms with Gasteiger partial charge in [0.05, 0.1) is 6.54 Å². The van der Waals surface area contributed by atoms with E-state index in [1.54, 1.807) is 51.1 Å². The molecule has 0 fully saturated rings. The Hall–Kier alpha value is -3.06. The van der Waals surface area contributed by atoms with Gasteiger partial charge < -0.3 is 15.4 Å². The van der Waals surface area contributed by atoms with E-state index in [0.29, 0.717) is 16.4 Å². The fourth-order valence-corrected chi connectivity index (χ4v) is 2.72. The van der Waals surface area contributed by atoms with Gasteiger partial charge in [0.25, 0.3) is 0 Å². The van der Waals surface area contributed by atoms with E-state index in [1.165, 1.54) is 4.90 Å². The molecule has 0 aromatic heterocycles. The molecule has 8 heteroatoms. The predicted molar refractivity (Wildman–Crippen MR) is 118 cm³/mol. The first-order valence-electron chi connectivity index (χ1n) is 9.43. The second kappa shape index (κ2) is 10.1. The molecule has 2 rings (SSSR count). The van der Waals surface area contributed by atoms with Crippen LogP contribution in [-0.4, -0.2) is 36.6 Å². The van der Waals surface area contributed by atoms with E-state index in [1.807, 2.05) is 25.1 Å². The molecule has 160 valence electrons. The summed E-state index contributed by atoms with van der Waals surface area (Å²) in [6.07, 6.45) is 0. The summed E-state index contributed by atoms with van der Waals surface area (Å²) in [6.45, 7) is 6.55. The van der Waals surface area contributed by atoms with Crippen LogP contribution in [0, 0.1) is 6.92 Å². The number of carbonyl (C=O) groups excluding carboxylic acids is 3. The van der Waals surface area contributed by atoms with Crippen molar-refractivity contribution >= 4 is 40.9 Å². The van der Waals surface area contributed by atoms with E-state index < -0.39 is 23.5 Å². The minimum Gasteiger partial charge on any atom is -0.459 e. The van der Waals surface area contributed by atoms with E-state index >= 15 is 0 Å². The molecule has 0 bridgehead atoms. The van der Waals surface area contributed by atoms with Crippen LogP contribution in [0.15, 0.2) is 48.5 Å². The number of amides is 3. The van der Waals surface area contributed by atoms with Crippen molar-refractivity contribution in [1.29, 1.82) is 0 Å². The molecule has 0 unspecified atom stereocenters. The van der Waals surface area contributed by atoms with Crippen LogP contribution in [0.3, 0.4) is 0 Å². The molecule has 0 heterocycles. The van der Waals surface area contributed by atoms with Gasteiger partial charge in [0.2, 0.25) is 5.91 Å². The number of esters is 1. The highest BCUT2D eigenvalue weighted by atomic mass is 35.5. The van der Waals surface area contributed by atoms with E-state index in [9.17, 15) is 14.4 Å². The molecule has 2 aromatic carbocycles. The molecule has 0 radical (unpaired) electrons. The maximum absolute atomic E-state index is 12.8. The Kier molecular flexibility index (Phi) is 7.83. The summed E-state index contributed by atoms with van der Waals surface area (Å²) in [5.74, 6) is -1.03. The third-order valence-corrected chi connectivity index (χ3v) is 4.07. The second-order valence-corrected chi connectivity index (χ2v) is 8.16. The Morgan fingerprint density at radius 2 is 1.73 bits per heavy atom. The Balaban J connectivity index is 2.05. The lowest BCUT2D eigenvalue weighted by Gasteiger charge is -2.25. The maximum atomic E-state index is 12.8. The molecule has 0 aliphatic carbocycles. The fourth-order valence-electron chi connectivity index (χ4n) is 2.60. The van der Waals surface area contributed by atoms with Gasteiger partial charge in [-0.1, -0.05) is 23.7 Å². The smallest absolute Gasteiger partial charge is 0.326 e. The zero-order valence-corrected chi connectivity index (χ0v) is 18.2. The number of nitrogens with one attached hydrogen (secondary N) is 2. The minimum atomic E-state index is -0.683. The van der Waals surface area contributed by atoms with Crippen molar-refractivity contribution in [2.24, 2.45) is 0 Å². The van der Waals surface area contributed by atoms with Gasteiger partial charge in [-0.15, -0.1) is 0 Å². The highest BCUT2D eigenvalue weighted by Crippen LogP contribution is 2.19. The number of rotatable bonds is 6. The van der Waals surface area contributed by atoms with Gasteiger partial charge in [0.15, 0.2) is 0 Å². The van der Waals surface area contributed by atoms with E-state index in [0.717, 1.165) is 5.56 Å². The first-order chi connectivity index (χ1) is 14.0. The van der Waals surface area contributed by atoms with E-state index in [4.69, 9.17) is 16.3 Å². The molecule has 0 saturated heterocycles. The summed E-state index contributed by atoms with van der Waals surface area (Å²) in [5, 5.41) is 5.68. The number of anilines is 2. The van der Waals surface area contributed by atoms with Crippen LogP contribution in [0.4, 0.5) is 16.2 Å². The average Bonchev–Trinajstić information content (AvgIpc) is 2.63. The van der Waals surface area contributed by atoms with Gasteiger partial charge >= 0.3 is 12.0 Å². The number of carbonyl (C=O) groups is 3. The number of urea groups is 1. The zero-order chi connectivity index (χ0) is 22.3. The topological polar surface area (TPSA) is 87.7 Å². The number of halogens is 1. The van der Waals surface area contributed by atoms with Crippen LogP contribution in [0.1, 0.15) is 26.3 Å². The molecule has 2 aromatic rings. The lowest BCUT2D eigenvalue weighted by atomic mass is 10.2. The molecule has 7 nitrogen and oxygen atoms in total. The maximum Gasteiger partial charge on any atom is 0.326 e. The Morgan fingerprint density at radius 1 is 1.07 bits per heavy atom. The number of nitrogens with zero attached hydrogens (tertiary/aromatic N) is 1. The summed E-state index contributed by atoms with van der Waals surface area (Å²) in [5.41, 5.74) is 1.40. The van der Waals surface area contributed by atoms with Gasteiger partial charge in [-0.2, -0.15) is 0 Å². The monoisotopic (exact) mass is 431 g/mol. The van der Waals surface area contributed by atoms with Gasteiger partial charge in [-0.25, -0.2) is 4.79 Å².